The molecule has 17 heavy (non-hydrogen) atoms. The number of hydrogen-bond donors (Lipinski definition) is 1. The van der Waals surface area contributed by atoms with E-state index in [1.54, 1.807) is 0 Å². The molecule has 0 aromatic carbocycles. The molecule has 1 fully saturated rings. The molecule has 1 N–H and O–H groups in total. The third kappa shape index (κ3) is 3.43. The summed E-state index contributed by atoms with van der Waals surface area (Å²) in [5.41, 5.74) is 1.23. The molecule has 0 aromatic rings. The third-order valence-electron chi connectivity index (χ3n) is 4.07. The van der Waals surface area contributed by atoms with Gasteiger partial charge in [0.25, 0.3) is 0 Å². The Labute approximate surface area is 113 Å². The average molecular weight is 277 g/mol. The standard InChI is InChI=1S/C13H26ClN2P/c1-5-9(3)16-11-10(15-4)7-8-13(17,6-2)12(11)14/h9,11-12,16H,5-8,17H2,1-4H3/b15-10+. The minimum Gasteiger partial charge on any atom is -0.305 e. The SMILES string of the molecule is CCC(C)NC1/C(=N/C)CCC(P)(CC)C1Cl. The quantitative estimate of drug-likeness (QED) is 0.619. The summed E-state index contributed by atoms with van der Waals surface area (Å²) in [6, 6.07) is 0.713. The zero-order valence-electron chi connectivity index (χ0n) is 11.5. The van der Waals surface area contributed by atoms with Crippen molar-refractivity contribution in [2.75, 3.05) is 7.05 Å². The molecule has 100 valence electrons. The summed E-state index contributed by atoms with van der Waals surface area (Å²) in [5, 5.41) is 3.90. The predicted octanol–water partition coefficient (Wildman–Crippen LogP) is 3.24. The molecule has 4 heteroatoms. The van der Waals surface area contributed by atoms with E-state index in [1.807, 2.05) is 7.05 Å². The minimum absolute atomic E-state index is 0.110. The van der Waals surface area contributed by atoms with Gasteiger partial charge in [-0.2, -0.15) is 0 Å². The first-order valence-corrected chi connectivity index (χ1v) is 7.64. The van der Waals surface area contributed by atoms with Crippen LogP contribution in [-0.2, 0) is 0 Å². The lowest BCUT2D eigenvalue weighted by molar-refractivity contribution is 0.389. The molecule has 1 aliphatic carbocycles. The molecular formula is C13H26ClN2P. The summed E-state index contributed by atoms with van der Waals surface area (Å²) in [7, 11) is 4.87. The fourth-order valence-corrected chi connectivity index (χ4v) is 3.20. The Bertz CT molecular complexity index is 283. The maximum Gasteiger partial charge on any atom is 0.0633 e. The van der Waals surface area contributed by atoms with Crippen LogP contribution in [0.1, 0.15) is 46.5 Å². The zero-order valence-corrected chi connectivity index (χ0v) is 13.4. The minimum atomic E-state index is 0.110. The maximum atomic E-state index is 6.70. The van der Waals surface area contributed by atoms with Crippen LogP contribution >= 0.6 is 20.8 Å². The van der Waals surface area contributed by atoms with Crippen molar-refractivity contribution in [3.05, 3.63) is 0 Å². The first-order valence-electron chi connectivity index (χ1n) is 6.63. The van der Waals surface area contributed by atoms with Crippen molar-refractivity contribution >= 4 is 26.6 Å². The van der Waals surface area contributed by atoms with Gasteiger partial charge in [-0.3, -0.25) is 4.99 Å². The number of halogens is 1. The van der Waals surface area contributed by atoms with E-state index in [0.29, 0.717) is 6.04 Å². The number of rotatable bonds is 4. The Hall–Kier alpha value is 0.350. The van der Waals surface area contributed by atoms with Gasteiger partial charge < -0.3 is 5.32 Å². The van der Waals surface area contributed by atoms with Gasteiger partial charge in [0.1, 0.15) is 0 Å². The van der Waals surface area contributed by atoms with Crippen LogP contribution in [0.3, 0.4) is 0 Å². The van der Waals surface area contributed by atoms with Crippen LogP contribution in [0.25, 0.3) is 0 Å². The van der Waals surface area contributed by atoms with Crippen molar-refractivity contribution in [2.45, 2.75) is 69.1 Å². The van der Waals surface area contributed by atoms with E-state index >= 15 is 0 Å². The first kappa shape index (κ1) is 15.4. The van der Waals surface area contributed by atoms with E-state index in [1.165, 1.54) is 5.71 Å². The molecule has 5 unspecified atom stereocenters. The molecule has 0 bridgehead atoms. The van der Waals surface area contributed by atoms with Crippen LogP contribution < -0.4 is 5.32 Å². The van der Waals surface area contributed by atoms with Crippen LogP contribution in [0.4, 0.5) is 0 Å². The van der Waals surface area contributed by atoms with Gasteiger partial charge in [-0.15, -0.1) is 20.8 Å². The fourth-order valence-electron chi connectivity index (χ4n) is 2.38. The molecule has 2 nitrogen and oxygen atoms in total. The van der Waals surface area contributed by atoms with E-state index in [-0.39, 0.29) is 16.6 Å². The molecule has 0 aromatic heterocycles. The van der Waals surface area contributed by atoms with Crippen molar-refractivity contribution < 1.29 is 0 Å². The van der Waals surface area contributed by atoms with Crippen LogP contribution in [0.2, 0.25) is 0 Å². The summed E-state index contributed by atoms with van der Waals surface area (Å²) in [4.78, 5) is 4.43. The van der Waals surface area contributed by atoms with E-state index in [4.69, 9.17) is 11.6 Å². The van der Waals surface area contributed by atoms with Crippen LogP contribution in [0, 0.1) is 0 Å². The lowest BCUT2D eigenvalue weighted by Gasteiger charge is -2.44. The second kappa shape index (κ2) is 6.50. The lowest BCUT2D eigenvalue weighted by Crippen LogP contribution is -2.57. The average Bonchev–Trinajstić information content (AvgIpc) is 2.35. The molecule has 0 radical (unpaired) electrons. The topological polar surface area (TPSA) is 24.4 Å². The number of nitrogens with one attached hydrogen (secondary N) is 1. The molecule has 0 spiro atoms. The van der Waals surface area contributed by atoms with Gasteiger partial charge in [-0.05, 0) is 32.6 Å². The second-order valence-corrected chi connectivity index (χ2v) is 6.78. The Kier molecular flexibility index (Phi) is 5.89. The normalized spacial score (nSPS) is 38.4. The Morgan fingerprint density at radius 2 is 2.24 bits per heavy atom. The largest absolute Gasteiger partial charge is 0.305 e. The van der Waals surface area contributed by atoms with Gasteiger partial charge in [0.2, 0.25) is 0 Å². The highest BCUT2D eigenvalue weighted by Crippen LogP contribution is 2.41. The summed E-state index contributed by atoms with van der Waals surface area (Å²) in [6.07, 6.45) is 4.40. The lowest BCUT2D eigenvalue weighted by atomic mass is 9.81. The summed E-state index contributed by atoms with van der Waals surface area (Å²) < 4.78 is 0. The molecular weight excluding hydrogens is 251 g/mol. The highest BCUT2D eigenvalue weighted by atomic mass is 35.5. The molecule has 0 aliphatic heterocycles. The Morgan fingerprint density at radius 3 is 2.71 bits per heavy atom. The maximum absolute atomic E-state index is 6.70. The Morgan fingerprint density at radius 1 is 1.59 bits per heavy atom. The fraction of sp³-hybridized carbons (Fsp3) is 0.923. The molecule has 5 atom stereocenters. The Balaban J connectivity index is 2.86. The van der Waals surface area contributed by atoms with Crippen molar-refractivity contribution in [3.63, 3.8) is 0 Å². The summed E-state index contributed by atoms with van der Waals surface area (Å²) in [6.45, 7) is 6.62. The number of aliphatic imine (C=N–C) groups is 1. The molecule has 1 rings (SSSR count). The van der Waals surface area contributed by atoms with E-state index in [0.717, 1.165) is 25.7 Å². The van der Waals surface area contributed by atoms with Crippen molar-refractivity contribution in [2.24, 2.45) is 4.99 Å². The number of alkyl halides is 1. The molecule has 0 saturated heterocycles. The van der Waals surface area contributed by atoms with E-state index in [2.05, 4.69) is 40.3 Å². The third-order valence-corrected chi connectivity index (χ3v) is 6.02. The zero-order chi connectivity index (χ0) is 13.1. The number of hydrogen-bond acceptors (Lipinski definition) is 2. The van der Waals surface area contributed by atoms with Gasteiger partial charge in [0, 0.05) is 24.0 Å². The van der Waals surface area contributed by atoms with Crippen molar-refractivity contribution in [1.29, 1.82) is 0 Å². The molecule has 0 heterocycles. The molecule has 1 saturated carbocycles. The monoisotopic (exact) mass is 276 g/mol. The molecule has 0 amide bonds. The summed E-state index contributed by atoms with van der Waals surface area (Å²) in [5.74, 6) is 0. The van der Waals surface area contributed by atoms with Crippen LogP contribution in [-0.4, -0.2) is 35.4 Å². The number of nitrogens with zero attached hydrogens (tertiary/aromatic N) is 1. The highest BCUT2D eigenvalue weighted by molar-refractivity contribution is 7.19. The predicted molar refractivity (Wildman–Crippen MR) is 81.6 cm³/mol. The van der Waals surface area contributed by atoms with E-state index < -0.39 is 0 Å². The van der Waals surface area contributed by atoms with Gasteiger partial charge in [0.15, 0.2) is 0 Å². The van der Waals surface area contributed by atoms with E-state index in [9.17, 15) is 0 Å². The molecule has 1 aliphatic rings. The van der Waals surface area contributed by atoms with Gasteiger partial charge in [0.05, 0.1) is 11.4 Å². The van der Waals surface area contributed by atoms with Crippen LogP contribution in [0.15, 0.2) is 4.99 Å². The summed E-state index contributed by atoms with van der Waals surface area (Å²) >= 11 is 6.70. The smallest absolute Gasteiger partial charge is 0.0633 e. The first-order chi connectivity index (χ1) is 7.98. The van der Waals surface area contributed by atoms with Gasteiger partial charge in [-0.1, -0.05) is 13.8 Å². The second-order valence-electron chi connectivity index (χ2n) is 5.16. The van der Waals surface area contributed by atoms with Crippen molar-refractivity contribution in [1.82, 2.24) is 5.32 Å². The van der Waals surface area contributed by atoms with Crippen molar-refractivity contribution in [3.8, 4) is 0 Å². The van der Waals surface area contributed by atoms with Gasteiger partial charge >= 0.3 is 0 Å². The van der Waals surface area contributed by atoms with Gasteiger partial charge in [-0.25, -0.2) is 0 Å². The van der Waals surface area contributed by atoms with Crippen LogP contribution in [0.5, 0.6) is 0 Å². The highest BCUT2D eigenvalue weighted by Gasteiger charge is 2.43.